The molecule has 0 aromatic heterocycles. The zero-order valence-electron chi connectivity index (χ0n) is 10.5. The topological polar surface area (TPSA) is 74.7 Å². The summed E-state index contributed by atoms with van der Waals surface area (Å²) in [5, 5.41) is 8.75. The fourth-order valence-corrected chi connectivity index (χ4v) is 3.29. The molecule has 0 saturated heterocycles. The van der Waals surface area contributed by atoms with Gasteiger partial charge in [-0.2, -0.15) is 0 Å². The fourth-order valence-electron chi connectivity index (χ4n) is 1.70. The second kappa shape index (κ2) is 5.86. The minimum absolute atomic E-state index is 0.0604. The van der Waals surface area contributed by atoms with Gasteiger partial charge in [-0.05, 0) is 18.6 Å². The average molecular weight is 271 g/mol. The third-order valence-electron chi connectivity index (χ3n) is 2.46. The molecule has 1 rings (SSSR count). The van der Waals surface area contributed by atoms with Crippen LogP contribution in [0.25, 0.3) is 0 Å². The van der Waals surface area contributed by atoms with E-state index in [1.807, 2.05) is 0 Å². The summed E-state index contributed by atoms with van der Waals surface area (Å²) in [5.74, 6) is -0.939. The molecule has 5 nitrogen and oxygen atoms in total. The van der Waals surface area contributed by atoms with Crippen LogP contribution in [0.15, 0.2) is 29.2 Å². The first-order valence-corrected chi connectivity index (χ1v) is 7.28. The largest absolute Gasteiger partial charge is 0.480 e. The Labute approximate surface area is 107 Å². The first kappa shape index (κ1) is 14.5. The van der Waals surface area contributed by atoms with Gasteiger partial charge >= 0.3 is 5.97 Å². The smallest absolute Gasteiger partial charge is 0.323 e. The lowest BCUT2D eigenvalue weighted by molar-refractivity contribution is -0.135. The van der Waals surface area contributed by atoms with Crippen molar-refractivity contribution in [2.45, 2.75) is 18.2 Å². The second-order valence-corrected chi connectivity index (χ2v) is 6.11. The predicted molar refractivity (Wildman–Crippen MR) is 69.7 cm³/mol. The molecule has 6 heteroatoms. The van der Waals surface area contributed by atoms with E-state index in [9.17, 15) is 13.2 Å². The highest BCUT2D eigenvalue weighted by Gasteiger charge is 2.20. The van der Waals surface area contributed by atoms with E-state index in [2.05, 4.69) is 0 Å². The summed E-state index contributed by atoms with van der Waals surface area (Å²) in [6, 6.07) is 6.46. The van der Waals surface area contributed by atoms with Gasteiger partial charge in [-0.25, -0.2) is 8.42 Å². The quantitative estimate of drug-likeness (QED) is 0.846. The molecule has 0 saturated carbocycles. The number of rotatable bonds is 6. The van der Waals surface area contributed by atoms with Gasteiger partial charge in [-0.1, -0.05) is 19.1 Å². The van der Waals surface area contributed by atoms with Crippen LogP contribution in [0, 0.1) is 0 Å². The first-order chi connectivity index (χ1) is 8.38. The van der Waals surface area contributed by atoms with Crippen LogP contribution in [0.2, 0.25) is 0 Å². The number of nitrogens with zero attached hydrogens (tertiary/aromatic N) is 1. The summed E-state index contributed by atoms with van der Waals surface area (Å²) in [7, 11) is -1.79. The molecule has 0 unspecified atom stereocenters. The zero-order chi connectivity index (χ0) is 13.8. The Morgan fingerprint density at radius 2 is 1.94 bits per heavy atom. The maximum absolute atomic E-state index is 12.1. The van der Waals surface area contributed by atoms with Crippen molar-refractivity contribution < 1.29 is 18.3 Å². The van der Waals surface area contributed by atoms with Crippen LogP contribution in [-0.2, 0) is 14.6 Å². The van der Waals surface area contributed by atoms with Crippen molar-refractivity contribution in [3.05, 3.63) is 24.3 Å². The Bertz CT molecular complexity index is 525. The number of para-hydroxylation sites is 1. The molecule has 1 N–H and O–H groups in total. The molecule has 0 atom stereocenters. The number of carbonyl (C=O) groups is 1. The van der Waals surface area contributed by atoms with Crippen LogP contribution in [0.4, 0.5) is 5.69 Å². The van der Waals surface area contributed by atoms with Crippen LogP contribution in [0.5, 0.6) is 0 Å². The molecule has 0 aliphatic rings. The van der Waals surface area contributed by atoms with Gasteiger partial charge in [-0.15, -0.1) is 0 Å². The Morgan fingerprint density at radius 3 is 2.50 bits per heavy atom. The molecule has 1 aromatic rings. The van der Waals surface area contributed by atoms with Crippen molar-refractivity contribution in [2.24, 2.45) is 0 Å². The molecule has 100 valence electrons. The van der Waals surface area contributed by atoms with Gasteiger partial charge in [0.1, 0.15) is 6.54 Å². The third kappa shape index (κ3) is 3.46. The van der Waals surface area contributed by atoms with Crippen LogP contribution in [-0.4, -0.2) is 38.8 Å². The van der Waals surface area contributed by atoms with Crippen LogP contribution in [0.3, 0.4) is 0 Å². The number of carboxylic acid groups (broad SMARTS) is 1. The maximum atomic E-state index is 12.1. The number of hydrogen-bond donors (Lipinski definition) is 1. The molecular formula is C12H17NO4S. The summed E-state index contributed by atoms with van der Waals surface area (Å²) in [6.45, 7) is 1.56. The van der Waals surface area contributed by atoms with Crippen molar-refractivity contribution in [2.75, 3.05) is 24.2 Å². The number of carboxylic acids is 1. The molecule has 0 radical (unpaired) electrons. The Kier molecular flexibility index (Phi) is 4.72. The van der Waals surface area contributed by atoms with Gasteiger partial charge in [0.05, 0.1) is 16.3 Å². The summed E-state index contributed by atoms with van der Waals surface area (Å²) >= 11 is 0. The Morgan fingerprint density at radius 1 is 1.33 bits per heavy atom. The van der Waals surface area contributed by atoms with Gasteiger partial charge in [-0.3, -0.25) is 4.79 Å². The van der Waals surface area contributed by atoms with Crippen molar-refractivity contribution in [1.29, 1.82) is 0 Å². The van der Waals surface area contributed by atoms with E-state index in [-0.39, 0.29) is 17.2 Å². The molecule has 0 fully saturated rings. The van der Waals surface area contributed by atoms with Gasteiger partial charge in [0.2, 0.25) is 0 Å². The van der Waals surface area contributed by atoms with Crippen molar-refractivity contribution in [3.8, 4) is 0 Å². The van der Waals surface area contributed by atoms with E-state index in [1.165, 1.54) is 11.0 Å². The lowest BCUT2D eigenvalue weighted by Gasteiger charge is -2.20. The number of anilines is 1. The number of benzene rings is 1. The summed E-state index contributed by atoms with van der Waals surface area (Å²) in [6.07, 6.45) is 0.527. The predicted octanol–water partition coefficient (Wildman–Crippen LogP) is 1.39. The molecule has 0 aliphatic heterocycles. The molecule has 1 aromatic carbocycles. The average Bonchev–Trinajstić information content (AvgIpc) is 2.28. The van der Waals surface area contributed by atoms with Crippen LogP contribution in [0.1, 0.15) is 13.3 Å². The highest BCUT2D eigenvalue weighted by molar-refractivity contribution is 7.91. The Hall–Kier alpha value is -1.56. The highest BCUT2D eigenvalue weighted by atomic mass is 32.2. The maximum Gasteiger partial charge on any atom is 0.323 e. The molecule has 0 aliphatic carbocycles. The van der Waals surface area contributed by atoms with Gasteiger partial charge < -0.3 is 10.0 Å². The van der Waals surface area contributed by atoms with E-state index in [1.54, 1.807) is 32.2 Å². The third-order valence-corrected chi connectivity index (χ3v) is 4.42. The van der Waals surface area contributed by atoms with E-state index in [0.29, 0.717) is 12.1 Å². The van der Waals surface area contributed by atoms with E-state index in [0.717, 1.165) is 0 Å². The number of hydrogen-bond acceptors (Lipinski definition) is 4. The standard InChI is InChI=1S/C12H17NO4S/c1-3-8-18(16,17)11-7-5-4-6-10(11)13(2)9-12(14)15/h4-7H,3,8-9H2,1-2H3,(H,14,15). The first-order valence-electron chi connectivity index (χ1n) is 5.63. The monoisotopic (exact) mass is 271 g/mol. The van der Waals surface area contributed by atoms with Crippen molar-refractivity contribution in [3.63, 3.8) is 0 Å². The summed E-state index contributed by atoms with van der Waals surface area (Å²) in [5.41, 5.74) is 0.424. The zero-order valence-corrected chi connectivity index (χ0v) is 11.3. The van der Waals surface area contributed by atoms with Gasteiger partial charge in [0, 0.05) is 7.05 Å². The minimum Gasteiger partial charge on any atom is -0.480 e. The Balaban J connectivity index is 3.18. The number of likely N-dealkylation sites (N-methyl/N-ethyl adjacent to an activating group) is 1. The lowest BCUT2D eigenvalue weighted by atomic mass is 10.3. The number of aliphatic carboxylic acids is 1. The highest BCUT2D eigenvalue weighted by Crippen LogP contribution is 2.25. The van der Waals surface area contributed by atoms with Crippen molar-refractivity contribution >= 4 is 21.5 Å². The molecule has 0 spiro atoms. The SMILES string of the molecule is CCCS(=O)(=O)c1ccccc1N(C)CC(=O)O. The lowest BCUT2D eigenvalue weighted by Crippen LogP contribution is -2.26. The van der Waals surface area contributed by atoms with E-state index >= 15 is 0 Å². The number of sulfone groups is 1. The van der Waals surface area contributed by atoms with Gasteiger partial charge in [0.25, 0.3) is 0 Å². The molecule has 0 heterocycles. The molecule has 0 bridgehead atoms. The summed E-state index contributed by atoms with van der Waals surface area (Å²) < 4.78 is 24.1. The molecular weight excluding hydrogens is 254 g/mol. The van der Waals surface area contributed by atoms with Crippen LogP contribution >= 0.6 is 0 Å². The van der Waals surface area contributed by atoms with Crippen molar-refractivity contribution in [1.82, 2.24) is 0 Å². The van der Waals surface area contributed by atoms with Crippen LogP contribution < -0.4 is 4.90 Å². The normalized spacial score (nSPS) is 11.2. The minimum atomic E-state index is -3.36. The van der Waals surface area contributed by atoms with E-state index in [4.69, 9.17) is 5.11 Å². The fraction of sp³-hybridized carbons (Fsp3) is 0.417. The van der Waals surface area contributed by atoms with Gasteiger partial charge in [0.15, 0.2) is 9.84 Å². The van der Waals surface area contributed by atoms with E-state index < -0.39 is 15.8 Å². The molecule has 0 amide bonds. The summed E-state index contributed by atoms with van der Waals surface area (Å²) in [4.78, 5) is 12.3. The molecule has 18 heavy (non-hydrogen) atoms. The second-order valence-electron chi connectivity index (χ2n) is 4.04.